The van der Waals surface area contributed by atoms with Crippen LogP contribution in [-0.2, 0) is 17.8 Å². The van der Waals surface area contributed by atoms with E-state index in [1.165, 1.54) is 0 Å². The predicted octanol–water partition coefficient (Wildman–Crippen LogP) is 2.97. The van der Waals surface area contributed by atoms with E-state index >= 15 is 0 Å². The van der Waals surface area contributed by atoms with Crippen LogP contribution < -0.4 is 5.32 Å². The Morgan fingerprint density at radius 1 is 1.30 bits per heavy atom. The Kier molecular flexibility index (Phi) is 4.78. The maximum absolute atomic E-state index is 13.5. The van der Waals surface area contributed by atoms with E-state index in [-0.39, 0.29) is 17.7 Å². The standard InChI is InChI=1S/C16H16F2N2O3/c1-3-20-8-9(2)15(16(22)23)13(20)7-14(21)19-12-6-10(17)4-5-11(12)18/h4-6,8H,3,7H2,1-2H3,(H,19,21)(H,22,23). The van der Waals surface area contributed by atoms with Gasteiger partial charge in [0.1, 0.15) is 11.6 Å². The first-order valence-electron chi connectivity index (χ1n) is 7.00. The second kappa shape index (κ2) is 6.60. The topological polar surface area (TPSA) is 71.3 Å². The van der Waals surface area contributed by atoms with E-state index in [2.05, 4.69) is 5.32 Å². The Morgan fingerprint density at radius 3 is 2.61 bits per heavy atom. The largest absolute Gasteiger partial charge is 0.478 e. The van der Waals surface area contributed by atoms with Crippen LogP contribution in [0.4, 0.5) is 14.5 Å². The number of halogens is 2. The smallest absolute Gasteiger partial charge is 0.337 e. The number of amides is 1. The molecule has 0 spiro atoms. The van der Waals surface area contributed by atoms with Crippen LogP contribution in [0, 0.1) is 18.6 Å². The lowest BCUT2D eigenvalue weighted by Crippen LogP contribution is -2.19. The van der Waals surface area contributed by atoms with Crippen molar-refractivity contribution in [2.24, 2.45) is 0 Å². The van der Waals surface area contributed by atoms with Crippen molar-refractivity contribution in [3.63, 3.8) is 0 Å². The predicted molar refractivity (Wildman–Crippen MR) is 80.5 cm³/mol. The Morgan fingerprint density at radius 2 is 2.00 bits per heavy atom. The fourth-order valence-electron chi connectivity index (χ4n) is 2.45. The Bertz CT molecular complexity index is 769. The van der Waals surface area contributed by atoms with Gasteiger partial charge in [0.2, 0.25) is 5.91 Å². The molecule has 1 amide bonds. The SMILES string of the molecule is CCn1cc(C)c(C(=O)O)c1CC(=O)Nc1cc(F)ccc1F. The zero-order chi connectivity index (χ0) is 17.1. The first-order chi connectivity index (χ1) is 10.8. The number of aromatic carboxylic acids is 1. The van der Waals surface area contributed by atoms with Crippen LogP contribution in [0.15, 0.2) is 24.4 Å². The fraction of sp³-hybridized carbons (Fsp3) is 0.250. The Balaban J connectivity index is 2.27. The molecule has 1 aromatic heterocycles. The zero-order valence-electron chi connectivity index (χ0n) is 12.7. The minimum atomic E-state index is -1.13. The summed E-state index contributed by atoms with van der Waals surface area (Å²) in [5.41, 5.74) is 0.644. The van der Waals surface area contributed by atoms with Gasteiger partial charge in [-0.05, 0) is 31.5 Å². The molecule has 0 aliphatic rings. The van der Waals surface area contributed by atoms with E-state index in [1.54, 1.807) is 17.7 Å². The summed E-state index contributed by atoms with van der Waals surface area (Å²) in [7, 11) is 0. The molecule has 1 aromatic carbocycles. The Labute approximate surface area is 131 Å². The van der Waals surface area contributed by atoms with Crippen molar-refractivity contribution >= 4 is 17.6 Å². The van der Waals surface area contributed by atoms with Crippen molar-refractivity contribution in [1.82, 2.24) is 4.57 Å². The van der Waals surface area contributed by atoms with Crippen LogP contribution in [0.25, 0.3) is 0 Å². The molecule has 0 atom stereocenters. The first-order valence-corrected chi connectivity index (χ1v) is 7.00. The average molecular weight is 322 g/mol. The minimum Gasteiger partial charge on any atom is -0.478 e. The summed E-state index contributed by atoms with van der Waals surface area (Å²) in [4.78, 5) is 23.4. The van der Waals surface area contributed by atoms with Gasteiger partial charge in [-0.1, -0.05) is 0 Å². The molecule has 7 heteroatoms. The first kappa shape index (κ1) is 16.7. The number of aryl methyl sites for hydroxylation is 2. The maximum atomic E-state index is 13.5. The van der Waals surface area contributed by atoms with Crippen LogP contribution in [0.3, 0.4) is 0 Å². The molecule has 0 bridgehead atoms. The molecule has 5 nitrogen and oxygen atoms in total. The summed E-state index contributed by atoms with van der Waals surface area (Å²) in [5, 5.41) is 11.5. The third-order valence-corrected chi connectivity index (χ3v) is 3.46. The van der Waals surface area contributed by atoms with Gasteiger partial charge < -0.3 is 15.0 Å². The van der Waals surface area contributed by atoms with Crippen LogP contribution in [0.2, 0.25) is 0 Å². The number of hydrogen-bond donors (Lipinski definition) is 2. The van der Waals surface area contributed by atoms with Crippen LogP contribution in [0.5, 0.6) is 0 Å². The van der Waals surface area contributed by atoms with Gasteiger partial charge in [0.25, 0.3) is 0 Å². The van der Waals surface area contributed by atoms with Gasteiger partial charge in [0.15, 0.2) is 0 Å². The molecule has 0 unspecified atom stereocenters. The van der Waals surface area contributed by atoms with Gasteiger partial charge in [-0.25, -0.2) is 13.6 Å². The average Bonchev–Trinajstić information content (AvgIpc) is 2.78. The van der Waals surface area contributed by atoms with E-state index in [4.69, 9.17) is 0 Å². The molecule has 0 fully saturated rings. The van der Waals surface area contributed by atoms with E-state index < -0.39 is 23.5 Å². The third kappa shape index (κ3) is 3.56. The van der Waals surface area contributed by atoms with E-state index in [1.807, 2.05) is 6.92 Å². The lowest BCUT2D eigenvalue weighted by Gasteiger charge is -2.10. The number of nitrogens with one attached hydrogen (secondary N) is 1. The highest BCUT2D eigenvalue weighted by atomic mass is 19.1. The molecule has 1 heterocycles. The highest BCUT2D eigenvalue weighted by Gasteiger charge is 2.21. The highest BCUT2D eigenvalue weighted by Crippen LogP contribution is 2.20. The number of benzene rings is 1. The molecular weight excluding hydrogens is 306 g/mol. The van der Waals surface area contributed by atoms with Crippen molar-refractivity contribution in [3.8, 4) is 0 Å². The highest BCUT2D eigenvalue weighted by molar-refractivity contribution is 5.96. The monoisotopic (exact) mass is 322 g/mol. The lowest BCUT2D eigenvalue weighted by molar-refractivity contribution is -0.115. The normalized spacial score (nSPS) is 10.6. The molecular formula is C16H16F2N2O3. The number of carbonyl (C=O) groups is 2. The van der Waals surface area contributed by atoms with Crippen LogP contribution >= 0.6 is 0 Å². The molecule has 23 heavy (non-hydrogen) atoms. The van der Waals surface area contributed by atoms with E-state index in [0.717, 1.165) is 18.2 Å². The number of carboxylic acid groups (broad SMARTS) is 1. The number of hydrogen-bond acceptors (Lipinski definition) is 2. The molecule has 0 aliphatic carbocycles. The van der Waals surface area contributed by atoms with Crippen LogP contribution in [0.1, 0.15) is 28.5 Å². The molecule has 0 aliphatic heterocycles. The van der Waals surface area contributed by atoms with E-state index in [9.17, 15) is 23.5 Å². The third-order valence-electron chi connectivity index (χ3n) is 3.46. The molecule has 0 radical (unpaired) electrons. The summed E-state index contributed by atoms with van der Waals surface area (Å²) in [6.45, 7) is 3.95. The van der Waals surface area contributed by atoms with Gasteiger partial charge in [-0.3, -0.25) is 4.79 Å². The summed E-state index contributed by atoms with van der Waals surface area (Å²) in [5.74, 6) is -3.19. The number of carbonyl (C=O) groups excluding carboxylic acids is 1. The number of carboxylic acids is 1. The second-order valence-electron chi connectivity index (χ2n) is 5.07. The van der Waals surface area contributed by atoms with Gasteiger partial charge in [0.05, 0.1) is 17.7 Å². The fourth-order valence-corrected chi connectivity index (χ4v) is 2.45. The van der Waals surface area contributed by atoms with Gasteiger partial charge in [0, 0.05) is 24.5 Å². The number of anilines is 1. The lowest BCUT2D eigenvalue weighted by atomic mass is 10.1. The van der Waals surface area contributed by atoms with Crippen molar-refractivity contribution in [3.05, 3.63) is 52.9 Å². The summed E-state index contributed by atoms with van der Waals surface area (Å²) in [6, 6.07) is 2.72. The van der Waals surface area contributed by atoms with Crippen molar-refractivity contribution in [2.45, 2.75) is 26.8 Å². The van der Waals surface area contributed by atoms with Gasteiger partial charge >= 0.3 is 5.97 Å². The van der Waals surface area contributed by atoms with Crippen molar-refractivity contribution < 1.29 is 23.5 Å². The zero-order valence-corrected chi connectivity index (χ0v) is 12.7. The molecule has 2 aromatic rings. The molecule has 122 valence electrons. The summed E-state index contributed by atoms with van der Waals surface area (Å²) >= 11 is 0. The van der Waals surface area contributed by atoms with Gasteiger partial charge in [-0.2, -0.15) is 0 Å². The van der Waals surface area contributed by atoms with Crippen molar-refractivity contribution in [2.75, 3.05) is 5.32 Å². The molecule has 0 saturated heterocycles. The minimum absolute atomic E-state index is 0.0571. The summed E-state index contributed by atoms with van der Waals surface area (Å²) in [6.07, 6.45) is 1.40. The quantitative estimate of drug-likeness (QED) is 0.889. The number of rotatable bonds is 5. The van der Waals surface area contributed by atoms with Crippen molar-refractivity contribution in [1.29, 1.82) is 0 Å². The maximum Gasteiger partial charge on any atom is 0.337 e. The van der Waals surface area contributed by atoms with E-state index in [0.29, 0.717) is 17.8 Å². The molecule has 2 N–H and O–H groups in total. The molecule has 0 saturated carbocycles. The van der Waals surface area contributed by atoms with Crippen LogP contribution in [-0.4, -0.2) is 21.6 Å². The number of nitrogens with zero attached hydrogens (tertiary/aromatic N) is 1. The Hall–Kier alpha value is -2.70. The molecule has 2 rings (SSSR count). The number of aromatic nitrogens is 1. The second-order valence-corrected chi connectivity index (χ2v) is 5.07. The van der Waals surface area contributed by atoms with Gasteiger partial charge in [-0.15, -0.1) is 0 Å². The summed E-state index contributed by atoms with van der Waals surface area (Å²) < 4.78 is 28.3.